The van der Waals surface area contributed by atoms with Gasteiger partial charge in [-0.25, -0.2) is 9.59 Å². The third kappa shape index (κ3) is 8.19. The smallest absolute Gasteiger partial charge is 0.479 e. The number of hydrogen-bond donors (Lipinski definition) is 3. The summed E-state index contributed by atoms with van der Waals surface area (Å²) in [5.41, 5.74) is 1.49. The van der Waals surface area contributed by atoms with Crippen LogP contribution in [0.25, 0.3) is 0 Å². The fourth-order valence-electron chi connectivity index (χ4n) is 6.02. The Balaban J connectivity index is 1.53. The summed E-state index contributed by atoms with van der Waals surface area (Å²) < 4.78 is 42.1. The Morgan fingerprint density at radius 2 is 1.63 bits per heavy atom. The van der Waals surface area contributed by atoms with E-state index < -0.39 is 30.9 Å². The Bertz CT molecular complexity index is 1300. The number of rotatable bonds is 8. The molecule has 234 valence electrons. The zero-order valence-corrected chi connectivity index (χ0v) is 24.5. The lowest BCUT2D eigenvalue weighted by Gasteiger charge is -2.52. The fourth-order valence-corrected chi connectivity index (χ4v) is 6.02. The van der Waals surface area contributed by atoms with Gasteiger partial charge < -0.3 is 25.2 Å². The number of aliphatic hydroxyl groups is 1. The van der Waals surface area contributed by atoms with Gasteiger partial charge in [-0.05, 0) is 79.0 Å². The molecule has 3 amide bonds. The monoisotopic (exact) mass is 605 g/mol. The van der Waals surface area contributed by atoms with E-state index in [1.165, 1.54) is 24.3 Å². The van der Waals surface area contributed by atoms with Crippen LogP contribution in [0.3, 0.4) is 0 Å². The molecule has 2 aromatic carbocycles. The number of carboxylic acid groups (broad SMARTS) is 1. The highest BCUT2D eigenvalue weighted by Crippen LogP contribution is 2.48. The summed E-state index contributed by atoms with van der Waals surface area (Å²) in [6.07, 6.45) is -2.69. The maximum absolute atomic E-state index is 13.8. The molecular weight excluding hydrogens is 567 g/mol. The molecule has 9 nitrogen and oxygen atoms in total. The highest BCUT2D eigenvalue weighted by molar-refractivity contribution is 5.95. The summed E-state index contributed by atoms with van der Waals surface area (Å²) in [7, 11) is 0. The standard InChI is InChI=1S/C31H38F3N3O6/c1-29(2,3)22-12-14-30(15-13-22)18-36(17-20-4-6-21(7-5-20)26(39)35-16-25(38)27(40)41)28(42)37(19-30)23-8-10-24(11-9-23)43-31(32,33)34/h4-11,22,25,38H,12-19H2,1-3H3,(H,35,39)(H,40,41). The van der Waals surface area contributed by atoms with Crippen molar-refractivity contribution in [1.82, 2.24) is 10.2 Å². The third-order valence-electron chi connectivity index (χ3n) is 8.50. The Morgan fingerprint density at radius 3 is 2.16 bits per heavy atom. The predicted octanol–water partition coefficient (Wildman–Crippen LogP) is 5.43. The SMILES string of the molecule is CC(C)(C)C1CCC2(CC1)CN(Cc1ccc(C(=O)NCC(O)C(=O)O)cc1)C(=O)N(c1ccc(OC(F)(F)F)cc1)C2. The molecule has 2 aliphatic rings. The molecule has 2 fully saturated rings. The molecule has 2 aromatic rings. The van der Waals surface area contributed by atoms with Gasteiger partial charge in [0.2, 0.25) is 0 Å². The summed E-state index contributed by atoms with van der Waals surface area (Å²) in [6, 6.07) is 11.6. The molecule has 3 N–H and O–H groups in total. The summed E-state index contributed by atoms with van der Waals surface area (Å²) in [5.74, 6) is -1.79. The Kier molecular flexibility index (Phi) is 9.29. The van der Waals surface area contributed by atoms with Crippen molar-refractivity contribution in [2.75, 3.05) is 24.5 Å². The van der Waals surface area contributed by atoms with E-state index in [2.05, 4.69) is 30.8 Å². The van der Waals surface area contributed by atoms with Gasteiger partial charge in [-0.15, -0.1) is 13.2 Å². The number of benzene rings is 2. The van der Waals surface area contributed by atoms with Crippen LogP contribution in [0, 0.1) is 16.7 Å². The highest BCUT2D eigenvalue weighted by Gasteiger charge is 2.46. The van der Waals surface area contributed by atoms with Crippen LogP contribution in [0.15, 0.2) is 48.5 Å². The molecule has 1 atom stereocenters. The average molecular weight is 606 g/mol. The molecule has 1 saturated heterocycles. The molecule has 1 spiro atoms. The van der Waals surface area contributed by atoms with E-state index in [4.69, 9.17) is 5.11 Å². The molecule has 0 bridgehead atoms. The van der Waals surface area contributed by atoms with Gasteiger partial charge in [0, 0.05) is 36.3 Å². The van der Waals surface area contributed by atoms with E-state index in [1.807, 2.05) is 0 Å². The lowest BCUT2D eigenvalue weighted by atomic mass is 9.63. The van der Waals surface area contributed by atoms with E-state index in [0.29, 0.717) is 24.7 Å². The number of hydrogen-bond acceptors (Lipinski definition) is 5. The van der Waals surface area contributed by atoms with Crippen LogP contribution in [-0.4, -0.2) is 65.1 Å². The average Bonchev–Trinajstić information content (AvgIpc) is 2.93. The van der Waals surface area contributed by atoms with Gasteiger partial charge in [0.05, 0.1) is 6.54 Å². The van der Waals surface area contributed by atoms with Crippen molar-refractivity contribution in [3.8, 4) is 5.75 Å². The predicted molar refractivity (Wildman–Crippen MR) is 153 cm³/mol. The van der Waals surface area contributed by atoms with Crippen LogP contribution in [0.4, 0.5) is 23.7 Å². The minimum atomic E-state index is -4.81. The van der Waals surface area contributed by atoms with Crippen molar-refractivity contribution in [3.63, 3.8) is 0 Å². The van der Waals surface area contributed by atoms with Gasteiger partial charge in [0.1, 0.15) is 5.75 Å². The first-order valence-corrected chi connectivity index (χ1v) is 14.3. The number of nitrogens with one attached hydrogen (secondary N) is 1. The van der Waals surface area contributed by atoms with Crippen LogP contribution in [-0.2, 0) is 11.3 Å². The number of urea groups is 1. The van der Waals surface area contributed by atoms with Gasteiger partial charge >= 0.3 is 18.4 Å². The number of halogens is 3. The molecule has 1 heterocycles. The molecule has 1 unspecified atom stereocenters. The number of carboxylic acids is 1. The summed E-state index contributed by atoms with van der Waals surface area (Å²) in [4.78, 5) is 40.3. The van der Waals surface area contributed by atoms with Gasteiger partial charge in [-0.3, -0.25) is 9.69 Å². The van der Waals surface area contributed by atoms with Gasteiger partial charge in [0.25, 0.3) is 5.91 Å². The van der Waals surface area contributed by atoms with E-state index in [-0.39, 0.29) is 34.7 Å². The fraction of sp³-hybridized carbons (Fsp3) is 0.516. The number of aliphatic carboxylic acids is 1. The van der Waals surface area contributed by atoms with Crippen molar-refractivity contribution >= 4 is 23.6 Å². The van der Waals surface area contributed by atoms with E-state index >= 15 is 0 Å². The molecule has 12 heteroatoms. The van der Waals surface area contributed by atoms with Crippen molar-refractivity contribution in [2.45, 2.75) is 65.5 Å². The summed E-state index contributed by atoms with van der Waals surface area (Å²) in [5, 5.41) is 20.5. The van der Waals surface area contributed by atoms with Crippen molar-refractivity contribution in [2.24, 2.45) is 16.7 Å². The lowest BCUT2D eigenvalue weighted by Crippen LogP contribution is -2.59. The molecule has 0 radical (unpaired) electrons. The summed E-state index contributed by atoms with van der Waals surface area (Å²) in [6.45, 7) is 7.53. The first-order valence-electron chi connectivity index (χ1n) is 14.3. The number of carbonyl (C=O) groups is 3. The van der Waals surface area contributed by atoms with Crippen LogP contribution < -0.4 is 15.0 Å². The maximum Gasteiger partial charge on any atom is 0.573 e. The number of aliphatic hydroxyl groups excluding tert-OH is 1. The largest absolute Gasteiger partial charge is 0.573 e. The van der Waals surface area contributed by atoms with E-state index in [0.717, 1.165) is 31.2 Å². The Morgan fingerprint density at radius 1 is 1.02 bits per heavy atom. The molecular formula is C31H38F3N3O6. The second-order valence-corrected chi connectivity index (χ2v) is 12.7. The van der Waals surface area contributed by atoms with Gasteiger partial charge in [-0.2, -0.15) is 0 Å². The van der Waals surface area contributed by atoms with E-state index in [9.17, 15) is 32.7 Å². The van der Waals surface area contributed by atoms with Crippen molar-refractivity contribution in [3.05, 3.63) is 59.7 Å². The second kappa shape index (κ2) is 12.4. The zero-order valence-electron chi connectivity index (χ0n) is 24.5. The molecule has 1 saturated carbocycles. The first-order chi connectivity index (χ1) is 20.1. The number of amides is 3. The Hall–Kier alpha value is -3.80. The van der Waals surface area contributed by atoms with E-state index in [1.54, 1.807) is 34.1 Å². The number of carbonyl (C=O) groups excluding carboxylic acids is 2. The number of ether oxygens (including phenoxy) is 1. The molecule has 0 aromatic heterocycles. The van der Waals surface area contributed by atoms with Crippen LogP contribution in [0.2, 0.25) is 0 Å². The third-order valence-corrected chi connectivity index (χ3v) is 8.50. The number of alkyl halides is 3. The van der Waals surface area contributed by atoms with Crippen LogP contribution >= 0.6 is 0 Å². The molecule has 4 rings (SSSR count). The van der Waals surface area contributed by atoms with Crippen LogP contribution in [0.1, 0.15) is 62.4 Å². The van der Waals surface area contributed by atoms with Crippen LogP contribution in [0.5, 0.6) is 5.75 Å². The number of anilines is 1. The van der Waals surface area contributed by atoms with Gasteiger partial charge in [0.15, 0.2) is 6.10 Å². The van der Waals surface area contributed by atoms with Crippen molar-refractivity contribution in [1.29, 1.82) is 0 Å². The second-order valence-electron chi connectivity index (χ2n) is 12.7. The highest BCUT2D eigenvalue weighted by atomic mass is 19.4. The zero-order chi connectivity index (χ0) is 31.6. The molecule has 43 heavy (non-hydrogen) atoms. The normalized spacial score (nSPS) is 21.9. The topological polar surface area (TPSA) is 119 Å². The lowest BCUT2D eigenvalue weighted by molar-refractivity contribution is -0.274. The Labute approximate surface area is 248 Å². The minimum Gasteiger partial charge on any atom is -0.479 e. The van der Waals surface area contributed by atoms with Crippen molar-refractivity contribution < 1.29 is 42.5 Å². The molecule has 1 aliphatic carbocycles. The maximum atomic E-state index is 13.8. The quantitative estimate of drug-likeness (QED) is 0.370. The minimum absolute atomic E-state index is 0.166. The number of nitrogens with zero attached hydrogens (tertiary/aromatic N) is 2. The summed E-state index contributed by atoms with van der Waals surface area (Å²) >= 11 is 0. The first kappa shape index (κ1) is 32.1. The molecule has 1 aliphatic heterocycles. The van der Waals surface area contributed by atoms with Gasteiger partial charge in [-0.1, -0.05) is 32.9 Å².